The van der Waals surface area contributed by atoms with Crippen LogP contribution in [-0.4, -0.2) is 29.2 Å². The molecule has 0 saturated carbocycles. The lowest BCUT2D eigenvalue weighted by molar-refractivity contribution is -0.347. The molecule has 1 N–H and O–H groups in total. The van der Waals surface area contributed by atoms with Crippen molar-refractivity contribution in [1.29, 1.82) is 0 Å². The SMILES string of the molecule is CC(C)Oc1cccc(C(O)CC(F)(C(F)(F)F)C(F)(F)F)c1. The molecule has 2 nitrogen and oxygen atoms in total. The highest BCUT2D eigenvalue weighted by Gasteiger charge is 2.72. The topological polar surface area (TPSA) is 29.5 Å². The van der Waals surface area contributed by atoms with Gasteiger partial charge in [-0.2, -0.15) is 26.3 Å². The third-order valence-corrected chi connectivity index (χ3v) is 2.99. The van der Waals surface area contributed by atoms with Crippen molar-refractivity contribution in [2.24, 2.45) is 0 Å². The van der Waals surface area contributed by atoms with E-state index in [-0.39, 0.29) is 17.4 Å². The molecule has 0 aliphatic carbocycles. The Labute approximate surface area is 127 Å². The number of rotatable bonds is 5. The highest BCUT2D eigenvalue weighted by Crippen LogP contribution is 2.50. The van der Waals surface area contributed by atoms with Gasteiger partial charge in [-0.15, -0.1) is 0 Å². The van der Waals surface area contributed by atoms with Crippen molar-refractivity contribution in [3.8, 4) is 5.75 Å². The zero-order valence-corrected chi connectivity index (χ0v) is 12.2. The van der Waals surface area contributed by atoms with E-state index >= 15 is 0 Å². The van der Waals surface area contributed by atoms with Crippen molar-refractivity contribution < 1.29 is 40.6 Å². The number of benzene rings is 1. The van der Waals surface area contributed by atoms with Gasteiger partial charge in [-0.05, 0) is 31.5 Å². The lowest BCUT2D eigenvalue weighted by atomic mass is 9.93. The van der Waals surface area contributed by atoms with E-state index in [2.05, 4.69) is 0 Å². The van der Waals surface area contributed by atoms with Crippen LogP contribution in [0.5, 0.6) is 5.75 Å². The average molecular weight is 348 g/mol. The van der Waals surface area contributed by atoms with Crippen molar-refractivity contribution in [1.82, 2.24) is 0 Å². The van der Waals surface area contributed by atoms with Crippen LogP contribution in [-0.2, 0) is 0 Å². The highest BCUT2D eigenvalue weighted by molar-refractivity contribution is 5.30. The van der Waals surface area contributed by atoms with Crippen LogP contribution in [0.4, 0.5) is 30.7 Å². The molecule has 0 aliphatic heterocycles. The molecule has 1 rings (SSSR count). The predicted molar refractivity (Wildman–Crippen MR) is 67.7 cm³/mol. The summed E-state index contributed by atoms with van der Waals surface area (Å²) in [6.45, 7) is 3.31. The number of ether oxygens (including phenoxy) is 1. The smallest absolute Gasteiger partial charge is 0.431 e. The van der Waals surface area contributed by atoms with Gasteiger partial charge in [0.1, 0.15) is 5.75 Å². The largest absolute Gasteiger partial charge is 0.491 e. The maximum atomic E-state index is 13.6. The molecule has 0 heterocycles. The van der Waals surface area contributed by atoms with Crippen LogP contribution in [0, 0.1) is 0 Å². The Bertz CT molecular complexity index is 509. The normalized spacial score (nSPS) is 14.9. The molecule has 23 heavy (non-hydrogen) atoms. The minimum atomic E-state index is -6.20. The Hall–Kier alpha value is -1.51. The summed E-state index contributed by atoms with van der Waals surface area (Å²) in [7, 11) is 0. The molecule has 0 aliphatic rings. The summed E-state index contributed by atoms with van der Waals surface area (Å²) in [5.74, 6) is 0.139. The van der Waals surface area contributed by atoms with E-state index in [1.165, 1.54) is 12.1 Å². The molecule has 9 heteroatoms. The number of hydrogen-bond acceptors (Lipinski definition) is 2. The average Bonchev–Trinajstić information content (AvgIpc) is 2.35. The first-order valence-corrected chi connectivity index (χ1v) is 6.55. The van der Waals surface area contributed by atoms with Crippen molar-refractivity contribution in [3.05, 3.63) is 29.8 Å². The van der Waals surface area contributed by atoms with Crippen LogP contribution in [0.3, 0.4) is 0 Å². The Balaban J connectivity index is 3.07. The summed E-state index contributed by atoms with van der Waals surface area (Å²) in [4.78, 5) is 0. The van der Waals surface area contributed by atoms with Crippen LogP contribution in [0.1, 0.15) is 31.9 Å². The third-order valence-electron chi connectivity index (χ3n) is 2.99. The lowest BCUT2D eigenvalue weighted by Gasteiger charge is -2.31. The molecule has 0 amide bonds. The summed E-state index contributed by atoms with van der Waals surface area (Å²) in [5, 5.41) is 9.65. The summed E-state index contributed by atoms with van der Waals surface area (Å²) in [6, 6.07) is 4.84. The molecule has 0 aromatic heterocycles. The molecule has 132 valence electrons. The van der Waals surface area contributed by atoms with Gasteiger partial charge in [0.2, 0.25) is 0 Å². The quantitative estimate of drug-likeness (QED) is 0.780. The first kappa shape index (κ1) is 19.5. The van der Waals surface area contributed by atoms with Gasteiger partial charge in [0.15, 0.2) is 0 Å². The molecular formula is C14H15F7O2. The van der Waals surface area contributed by atoms with Crippen molar-refractivity contribution >= 4 is 0 Å². The predicted octanol–water partition coefficient (Wildman–Crippen LogP) is 4.73. The first-order valence-electron chi connectivity index (χ1n) is 6.55. The minimum Gasteiger partial charge on any atom is -0.491 e. The molecule has 1 aromatic carbocycles. The zero-order chi connectivity index (χ0) is 18.1. The molecule has 0 saturated heterocycles. The zero-order valence-electron chi connectivity index (χ0n) is 12.2. The summed E-state index contributed by atoms with van der Waals surface area (Å²) in [5.41, 5.74) is -5.81. The molecule has 0 radical (unpaired) electrons. The molecule has 1 unspecified atom stereocenters. The van der Waals surface area contributed by atoms with Crippen molar-refractivity contribution in [2.75, 3.05) is 0 Å². The highest BCUT2D eigenvalue weighted by atomic mass is 19.4. The first-order chi connectivity index (χ1) is 10.3. The van der Waals surface area contributed by atoms with Gasteiger partial charge in [-0.3, -0.25) is 0 Å². The fourth-order valence-corrected chi connectivity index (χ4v) is 1.84. The molecule has 1 atom stereocenters. The van der Waals surface area contributed by atoms with Gasteiger partial charge in [-0.1, -0.05) is 12.1 Å². The fourth-order valence-electron chi connectivity index (χ4n) is 1.84. The second-order valence-electron chi connectivity index (χ2n) is 5.26. The van der Waals surface area contributed by atoms with Gasteiger partial charge < -0.3 is 9.84 Å². The second-order valence-corrected chi connectivity index (χ2v) is 5.26. The number of aliphatic hydroxyl groups is 1. The van der Waals surface area contributed by atoms with E-state index in [1.54, 1.807) is 13.8 Å². The maximum absolute atomic E-state index is 13.6. The van der Waals surface area contributed by atoms with Crippen molar-refractivity contribution in [3.63, 3.8) is 0 Å². The Kier molecular flexibility index (Phi) is 5.56. The minimum absolute atomic E-state index is 0.139. The third kappa shape index (κ3) is 4.49. The molecule has 0 fully saturated rings. The van der Waals surface area contributed by atoms with Gasteiger partial charge in [0.25, 0.3) is 0 Å². The van der Waals surface area contributed by atoms with E-state index in [9.17, 15) is 35.8 Å². The van der Waals surface area contributed by atoms with Crippen LogP contribution >= 0.6 is 0 Å². The van der Waals surface area contributed by atoms with E-state index < -0.39 is 30.5 Å². The van der Waals surface area contributed by atoms with E-state index in [4.69, 9.17) is 4.74 Å². The monoisotopic (exact) mass is 348 g/mol. The van der Waals surface area contributed by atoms with Crippen LogP contribution < -0.4 is 4.74 Å². The lowest BCUT2D eigenvalue weighted by Crippen LogP contribution is -2.54. The van der Waals surface area contributed by atoms with Crippen molar-refractivity contribution in [2.45, 2.75) is 50.5 Å². The van der Waals surface area contributed by atoms with Crippen LogP contribution in [0.2, 0.25) is 0 Å². The molecule has 0 bridgehead atoms. The standard InChI is InChI=1S/C14H15F7O2/c1-8(2)23-10-5-3-4-9(6-10)11(22)7-12(15,13(16,17)18)14(19,20)21/h3-6,8,11,22H,7H2,1-2H3. The summed E-state index contributed by atoms with van der Waals surface area (Å²) in [6.07, 6.45) is -17.2. The van der Waals surface area contributed by atoms with E-state index in [0.29, 0.717) is 0 Å². The van der Waals surface area contributed by atoms with E-state index in [1.807, 2.05) is 0 Å². The van der Waals surface area contributed by atoms with E-state index in [0.717, 1.165) is 12.1 Å². The molecule has 0 spiro atoms. The van der Waals surface area contributed by atoms with Gasteiger partial charge >= 0.3 is 18.0 Å². The number of hydrogen-bond donors (Lipinski definition) is 1. The fraction of sp³-hybridized carbons (Fsp3) is 0.571. The maximum Gasteiger partial charge on any atom is 0.431 e. The molecule has 1 aromatic rings. The summed E-state index contributed by atoms with van der Waals surface area (Å²) >= 11 is 0. The van der Waals surface area contributed by atoms with Crippen LogP contribution in [0.25, 0.3) is 0 Å². The number of aliphatic hydroxyl groups excluding tert-OH is 1. The number of alkyl halides is 7. The Morgan fingerprint density at radius 1 is 1.00 bits per heavy atom. The second kappa shape index (κ2) is 6.54. The van der Waals surface area contributed by atoms with Gasteiger partial charge in [0, 0.05) is 6.42 Å². The van der Waals surface area contributed by atoms with Crippen LogP contribution in [0.15, 0.2) is 24.3 Å². The Morgan fingerprint density at radius 3 is 1.96 bits per heavy atom. The summed E-state index contributed by atoms with van der Waals surface area (Å²) < 4.78 is 93.8. The number of halogens is 7. The molecular weight excluding hydrogens is 333 g/mol. The Morgan fingerprint density at radius 2 is 1.52 bits per heavy atom. The van der Waals surface area contributed by atoms with Gasteiger partial charge in [-0.25, -0.2) is 4.39 Å². The van der Waals surface area contributed by atoms with Gasteiger partial charge in [0.05, 0.1) is 12.2 Å².